The van der Waals surface area contributed by atoms with E-state index in [0.29, 0.717) is 5.92 Å². The topological polar surface area (TPSA) is 23.5 Å². The molecule has 1 heterocycles. The Balaban J connectivity index is 1.67. The van der Waals surface area contributed by atoms with E-state index in [9.17, 15) is 9.50 Å². The van der Waals surface area contributed by atoms with Crippen LogP contribution >= 0.6 is 0 Å². The highest BCUT2D eigenvalue weighted by atomic mass is 19.1. The van der Waals surface area contributed by atoms with Gasteiger partial charge in [-0.2, -0.15) is 0 Å². The van der Waals surface area contributed by atoms with Crippen molar-refractivity contribution in [1.82, 2.24) is 4.90 Å². The molecule has 0 aromatic heterocycles. The lowest BCUT2D eigenvalue weighted by atomic mass is 9.92. The zero-order chi connectivity index (χ0) is 13.7. The quantitative estimate of drug-likeness (QED) is 0.885. The number of nitrogens with zero attached hydrogens (tertiary/aromatic N) is 1. The molecule has 0 amide bonds. The van der Waals surface area contributed by atoms with Gasteiger partial charge in [0.05, 0.1) is 6.10 Å². The second-order valence-corrected chi connectivity index (χ2v) is 5.65. The molecule has 0 spiro atoms. The minimum Gasteiger partial charge on any atom is -0.393 e. The van der Waals surface area contributed by atoms with Gasteiger partial charge < -0.3 is 10.0 Å². The predicted molar refractivity (Wildman–Crippen MR) is 75.6 cm³/mol. The average molecular weight is 265 g/mol. The van der Waals surface area contributed by atoms with Gasteiger partial charge in [-0.05, 0) is 75.9 Å². The van der Waals surface area contributed by atoms with Crippen LogP contribution in [0.1, 0.15) is 31.7 Å². The third-order valence-electron chi connectivity index (χ3n) is 4.14. The summed E-state index contributed by atoms with van der Waals surface area (Å²) in [5.41, 5.74) is 1.08. The largest absolute Gasteiger partial charge is 0.393 e. The van der Waals surface area contributed by atoms with Crippen molar-refractivity contribution < 1.29 is 9.50 Å². The molecule has 0 aliphatic carbocycles. The number of rotatable bonds is 5. The van der Waals surface area contributed by atoms with Crippen molar-refractivity contribution >= 4 is 0 Å². The van der Waals surface area contributed by atoms with Crippen molar-refractivity contribution in [3.63, 3.8) is 0 Å². The maximum absolute atomic E-state index is 13.0. The molecule has 1 atom stereocenters. The highest BCUT2D eigenvalue weighted by molar-refractivity contribution is 5.16. The van der Waals surface area contributed by atoms with Crippen molar-refractivity contribution in [3.8, 4) is 0 Å². The van der Waals surface area contributed by atoms with E-state index in [1.165, 1.54) is 6.07 Å². The molecule has 2 rings (SSSR count). The Morgan fingerprint density at radius 1 is 1.37 bits per heavy atom. The monoisotopic (exact) mass is 265 g/mol. The van der Waals surface area contributed by atoms with Crippen LogP contribution in [0.4, 0.5) is 4.39 Å². The molecule has 2 nitrogen and oxygen atoms in total. The Labute approximate surface area is 115 Å². The number of piperidine rings is 1. The number of hydrogen-bond donors (Lipinski definition) is 1. The second kappa shape index (κ2) is 7.01. The SMILES string of the molecule is CC(O)C1CCN(CCCc2cccc(F)c2)CC1. The van der Waals surface area contributed by atoms with Crippen LogP contribution in [-0.2, 0) is 6.42 Å². The summed E-state index contributed by atoms with van der Waals surface area (Å²) in [5.74, 6) is 0.328. The summed E-state index contributed by atoms with van der Waals surface area (Å²) >= 11 is 0. The summed E-state index contributed by atoms with van der Waals surface area (Å²) in [6, 6.07) is 6.88. The Hall–Kier alpha value is -0.930. The molecule has 1 saturated heterocycles. The summed E-state index contributed by atoms with van der Waals surface area (Å²) in [4.78, 5) is 2.46. The number of hydrogen-bond acceptors (Lipinski definition) is 2. The standard InChI is InChI=1S/C16H24FNO/c1-13(19)15-7-10-18(11-8-15)9-3-5-14-4-2-6-16(17)12-14/h2,4,6,12-13,15,19H,3,5,7-11H2,1H3. The number of aliphatic hydroxyl groups excluding tert-OH is 1. The van der Waals surface area contributed by atoms with Gasteiger partial charge in [0.1, 0.15) is 5.82 Å². The second-order valence-electron chi connectivity index (χ2n) is 5.65. The predicted octanol–water partition coefficient (Wildman–Crippen LogP) is 2.85. The number of aryl methyl sites for hydroxylation is 1. The molecule has 1 fully saturated rings. The van der Waals surface area contributed by atoms with Gasteiger partial charge in [-0.1, -0.05) is 12.1 Å². The van der Waals surface area contributed by atoms with E-state index in [0.717, 1.165) is 50.9 Å². The zero-order valence-corrected chi connectivity index (χ0v) is 11.7. The van der Waals surface area contributed by atoms with Gasteiger partial charge in [-0.15, -0.1) is 0 Å². The maximum Gasteiger partial charge on any atom is 0.123 e. The average Bonchev–Trinajstić information content (AvgIpc) is 2.39. The van der Waals surface area contributed by atoms with Crippen LogP contribution in [0, 0.1) is 11.7 Å². The zero-order valence-electron chi connectivity index (χ0n) is 11.7. The molecular formula is C16H24FNO. The highest BCUT2D eigenvalue weighted by Crippen LogP contribution is 2.20. The first-order valence-corrected chi connectivity index (χ1v) is 7.30. The molecule has 106 valence electrons. The molecule has 19 heavy (non-hydrogen) atoms. The van der Waals surface area contributed by atoms with E-state index in [-0.39, 0.29) is 11.9 Å². The number of benzene rings is 1. The lowest BCUT2D eigenvalue weighted by Crippen LogP contribution is -2.37. The third kappa shape index (κ3) is 4.59. The molecule has 1 unspecified atom stereocenters. The molecule has 0 bridgehead atoms. The van der Waals surface area contributed by atoms with Crippen LogP contribution in [0.15, 0.2) is 24.3 Å². The van der Waals surface area contributed by atoms with Gasteiger partial charge in [0.25, 0.3) is 0 Å². The molecule has 1 aromatic rings. The Morgan fingerprint density at radius 2 is 2.11 bits per heavy atom. The van der Waals surface area contributed by atoms with E-state index in [1.807, 2.05) is 13.0 Å². The van der Waals surface area contributed by atoms with Gasteiger partial charge in [0.2, 0.25) is 0 Å². The third-order valence-corrected chi connectivity index (χ3v) is 4.14. The van der Waals surface area contributed by atoms with Crippen LogP contribution in [0.5, 0.6) is 0 Å². The van der Waals surface area contributed by atoms with E-state index < -0.39 is 0 Å². The smallest absolute Gasteiger partial charge is 0.123 e. The fourth-order valence-electron chi connectivity index (χ4n) is 2.86. The first-order chi connectivity index (χ1) is 9.15. The number of likely N-dealkylation sites (tertiary alicyclic amines) is 1. The van der Waals surface area contributed by atoms with Crippen molar-refractivity contribution in [2.45, 2.75) is 38.7 Å². The molecule has 1 aromatic carbocycles. The van der Waals surface area contributed by atoms with Crippen LogP contribution < -0.4 is 0 Å². The molecular weight excluding hydrogens is 241 g/mol. The van der Waals surface area contributed by atoms with Crippen molar-refractivity contribution in [1.29, 1.82) is 0 Å². The highest BCUT2D eigenvalue weighted by Gasteiger charge is 2.21. The van der Waals surface area contributed by atoms with Crippen molar-refractivity contribution in [2.75, 3.05) is 19.6 Å². The van der Waals surface area contributed by atoms with Crippen molar-refractivity contribution in [2.24, 2.45) is 5.92 Å². The van der Waals surface area contributed by atoms with Crippen LogP contribution in [0.3, 0.4) is 0 Å². The maximum atomic E-state index is 13.0. The molecule has 3 heteroatoms. The van der Waals surface area contributed by atoms with E-state index >= 15 is 0 Å². The molecule has 1 aliphatic heterocycles. The fraction of sp³-hybridized carbons (Fsp3) is 0.625. The fourth-order valence-corrected chi connectivity index (χ4v) is 2.86. The van der Waals surface area contributed by atoms with Crippen LogP contribution in [-0.4, -0.2) is 35.7 Å². The first kappa shape index (κ1) is 14.5. The normalized spacial score (nSPS) is 19.5. The van der Waals surface area contributed by atoms with Gasteiger partial charge >= 0.3 is 0 Å². The molecule has 1 N–H and O–H groups in total. The molecule has 1 aliphatic rings. The van der Waals surface area contributed by atoms with Crippen molar-refractivity contribution in [3.05, 3.63) is 35.6 Å². The van der Waals surface area contributed by atoms with E-state index in [1.54, 1.807) is 12.1 Å². The summed E-state index contributed by atoms with van der Waals surface area (Å²) in [7, 11) is 0. The summed E-state index contributed by atoms with van der Waals surface area (Å²) < 4.78 is 13.0. The van der Waals surface area contributed by atoms with E-state index in [4.69, 9.17) is 0 Å². The van der Waals surface area contributed by atoms with Gasteiger partial charge in [-0.3, -0.25) is 0 Å². The minimum absolute atomic E-state index is 0.143. The Kier molecular flexibility index (Phi) is 5.34. The number of aliphatic hydroxyl groups is 1. The number of halogens is 1. The lowest BCUT2D eigenvalue weighted by Gasteiger charge is -2.33. The lowest BCUT2D eigenvalue weighted by molar-refractivity contribution is 0.0716. The van der Waals surface area contributed by atoms with Gasteiger partial charge in [0, 0.05) is 0 Å². The van der Waals surface area contributed by atoms with Gasteiger partial charge in [-0.25, -0.2) is 4.39 Å². The summed E-state index contributed by atoms with van der Waals surface area (Å²) in [6.45, 7) is 5.13. The Bertz CT molecular complexity index is 386. The van der Waals surface area contributed by atoms with Crippen LogP contribution in [0.2, 0.25) is 0 Å². The molecule has 0 radical (unpaired) electrons. The van der Waals surface area contributed by atoms with E-state index in [2.05, 4.69) is 4.90 Å². The first-order valence-electron chi connectivity index (χ1n) is 7.30. The van der Waals surface area contributed by atoms with Crippen LogP contribution in [0.25, 0.3) is 0 Å². The van der Waals surface area contributed by atoms with Gasteiger partial charge in [0.15, 0.2) is 0 Å². The molecule has 0 saturated carbocycles. The Morgan fingerprint density at radius 3 is 2.74 bits per heavy atom. The minimum atomic E-state index is -0.172. The summed E-state index contributed by atoms with van der Waals surface area (Å²) in [5, 5.41) is 9.56. The summed E-state index contributed by atoms with van der Waals surface area (Å²) in [6.07, 6.45) is 4.03.